The molecule has 4 nitrogen and oxygen atoms in total. The molecule has 1 unspecified atom stereocenters. The summed E-state index contributed by atoms with van der Waals surface area (Å²) >= 11 is 0. The van der Waals surface area contributed by atoms with Crippen LogP contribution in [-0.4, -0.2) is 35.1 Å². The Balaban J connectivity index is 1.90. The van der Waals surface area contributed by atoms with Gasteiger partial charge in [-0.05, 0) is 44.3 Å². The van der Waals surface area contributed by atoms with E-state index in [1.165, 1.54) is 5.56 Å². The molecular formula is C14H20N2O2. The minimum absolute atomic E-state index is 0.258. The lowest BCUT2D eigenvalue weighted by Gasteiger charge is -2.35. The average molecular weight is 248 g/mol. The summed E-state index contributed by atoms with van der Waals surface area (Å²) in [5.41, 5.74) is 3.11. The molecule has 1 aliphatic heterocycles. The third kappa shape index (κ3) is 2.89. The zero-order valence-corrected chi connectivity index (χ0v) is 10.7. The van der Waals surface area contributed by atoms with E-state index in [4.69, 9.17) is 5.21 Å². The maximum absolute atomic E-state index is 11.4. The highest BCUT2D eigenvalue weighted by atomic mass is 16.5. The van der Waals surface area contributed by atoms with Gasteiger partial charge in [-0.25, -0.2) is 5.48 Å². The first-order valence-corrected chi connectivity index (χ1v) is 6.45. The molecule has 0 aromatic heterocycles. The van der Waals surface area contributed by atoms with Crippen molar-refractivity contribution in [2.45, 2.75) is 31.7 Å². The molecule has 0 bridgehead atoms. The van der Waals surface area contributed by atoms with Gasteiger partial charge in [-0.2, -0.15) is 0 Å². The Labute approximate surface area is 108 Å². The highest BCUT2D eigenvalue weighted by Gasteiger charge is 2.26. The number of carbonyl (C=O) groups excluding carboxylic acids is 1. The molecule has 18 heavy (non-hydrogen) atoms. The molecule has 1 amide bonds. The largest absolute Gasteiger partial charge is 0.292 e. The number of hydrogen-bond acceptors (Lipinski definition) is 3. The van der Waals surface area contributed by atoms with Gasteiger partial charge in [0.1, 0.15) is 0 Å². The summed E-state index contributed by atoms with van der Waals surface area (Å²) in [6.45, 7) is 3.62. The van der Waals surface area contributed by atoms with Crippen molar-refractivity contribution < 1.29 is 10.0 Å². The molecule has 0 aliphatic carbocycles. The van der Waals surface area contributed by atoms with Crippen LogP contribution in [-0.2, 0) is 4.79 Å². The summed E-state index contributed by atoms with van der Waals surface area (Å²) in [5.74, 6) is 0.264. The van der Waals surface area contributed by atoms with Crippen molar-refractivity contribution >= 4 is 5.91 Å². The molecule has 98 valence electrons. The number of likely N-dealkylation sites (tertiary alicyclic amines) is 1. The predicted molar refractivity (Wildman–Crippen MR) is 69.4 cm³/mol. The van der Waals surface area contributed by atoms with E-state index in [1.54, 1.807) is 5.48 Å². The quantitative estimate of drug-likeness (QED) is 0.633. The van der Waals surface area contributed by atoms with Crippen molar-refractivity contribution in [2.24, 2.45) is 0 Å². The van der Waals surface area contributed by atoms with Crippen LogP contribution in [0.2, 0.25) is 0 Å². The van der Waals surface area contributed by atoms with Gasteiger partial charge in [-0.15, -0.1) is 0 Å². The first kappa shape index (κ1) is 13.1. The zero-order chi connectivity index (χ0) is 13.0. The van der Waals surface area contributed by atoms with Crippen molar-refractivity contribution in [3.05, 3.63) is 35.9 Å². The van der Waals surface area contributed by atoms with Gasteiger partial charge in [0.25, 0.3) is 5.91 Å². The van der Waals surface area contributed by atoms with E-state index in [0.29, 0.717) is 5.92 Å². The van der Waals surface area contributed by atoms with Crippen LogP contribution < -0.4 is 5.48 Å². The molecule has 1 saturated heterocycles. The summed E-state index contributed by atoms with van der Waals surface area (Å²) in [4.78, 5) is 13.5. The second-order valence-corrected chi connectivity index (χ2v) is 4.87. The van der Waals surface area contributed by atoms with Crippen LogP contribution in [0.15, 0.2) is 30.3 Å². The Morgan fingerprint density at radius 2 is 1.94 bits per heavy atom. The Kier molecular flexibility index (Phi) is 4.33. The lowest BCUT2D eigenvalue weighted by atomic mass is 9.89. The highest BCUT2D eigenvalue weighted by Crippen LogP contribution is 2.28. The van der Waals surface area contributed by atoms with Crippen LogP contribution in [0.3, 0.4) is 0 Å². The summed E-state index contributed by atoms with van der Waals surface area (Å²) in [6, 6.07) is 10.3. The van der Waals surface area contributed by atoms with Gasteiger partial charge in [0.05, 0.1) is 6.04 Å². The number of hydrogen-bond donors (Lipinski definition) is 2. The third-order valence-corrected chi connectivity index (χ3v) is 3.84. The van der Waals surface area contributed by atoms with Gasteiger partial charge >= 0.3 is 0 Å². The fourth-order valence-corrected chi connectivity index (χ4v) is 2.60. The lowest BCUT2D eigenvalue weighted by molar-refractivity contribution is -0.134. The molecule has 2 rings (SSSR count). The van der Waals surface area contributed by atoms with Crippen molar-refractivity contribution in [3.8, 4) is 0 Å². The fraction of sp³-hybridized carbons (Fsp3) is 0.500. The molecule has 0 spiro atoms. The van der Waals surface area contributed by atoms with E-state index in [2.05, 4.69) is 29.2 Å². The molecule has 4 heteroatoms. The van der Waals surface area contributed by atoms with Gasteiger partial charge in [-0.1, -0.05) is 30.3 Å². The van der Waals surface area contributed by atoms with Crippen LogP contribution in [0.1, 0.15) is 31.2 Å². The average Bonchev–Trinajstić information content (AvgIpc) is 2.47. The summed E-state index contributed by atoms with van der Waals surface area (Å²) < 4.78 is 0. The molecule has 0 radical (unpaired) electrons. The van der Waals surface area contributed by atoms with Gasteiger partial charge in [-0.3, -0.25) is 14.9 Å². The number of carbonyl (C=O) groups is 1. The van der Waals surface area contributed by atoms with Crippen molar-refractivity contribution in [1.29, 1.82) is 0 Å². The fourth-order valence-electron chi connectivity index (χ4n) is 2.60. The Bertz CT molecular complexity index is 386. The van der Waals surface area contributed by atoms with Crippen LogP contribution in [0.25, 0.3) is 0 Å². The molecule has 1 heterocycles. The number of hydroxylamine groups is 1. The molecule has 1 fully saturated rings. The monoisotopic (exact) mass is 248 g/mol. The first-order valence-electron chi connectivity index (χ1n) is 6.45. The van der Waals surface area contributed by atoms with Crippen LogP contribution >= 0.6 is 0 Å². The lowest BCUT2D eigenvalue weighted by Crippen LogP contribution is -2.47. The van der Waals surface area contributed by atoms with E-state index in [0.717, 1.165) is 25.9 Å². The van der Waals surface area contributed by atoms with Crippen molar-refractivity contribution in [2.75, 3.05) is 13.1 Å². The second kappa shape index (κ2) is 5.98. The topological polar surface area (TPSA) is 52.6 Å². The smallest absolute Gasteiger partial charge is 0.260 e. The van der Waals surface area contributed by atoms with Gasteiger partial charge in [0.2, 0.25) is 0 Å². The highest BCUT2D eigenvalue weighted by molar-refractivity contribution is 5.80. The predicted octanol–water partition coefficient (Wildman–Crippen LogP) is 1.76. The maximum Gasteiger partial charge on any atom is 0.260 e. The maximum atomic E-state index is 11.4. The molecule has 2 N–H and O–H groups in total. The van der Waals surface area contributed by atoms with Gasteiger partial charge < -0.3 is 0 Å². The first-order chi connectivity index (χ1) is 8.72. The number of rotatable bonds is 3. The number of nitrogens with zero attached hydrogens (tertiary/aromatic N) is 1. The summed E-state index contributed by atoms with van der Waals surface area (Å²) in [7, 11) is 0. The Morgan fingerprint density at radius 1 is 1.33 bits per heavy atom. The summed E-state index contributed by atoms with van der Waals surface area (Å²) in [6.07, 6.45) is 2.13. The molecular weight excluding hydrogens is 228 g/mol. The molecule has 1 aromatic rings. The third-order valence-electron chi connectivity index (χ3n) is 3.84. The number of piperidine rings is 1. The number of amides is 1. The van der Waals surface area contributed by atoms with Crippen LogP contribution in [0.4, 0.5) is 0 Å². The van der Waals surface area contributed by atoms with E-state index in [9.17, 15) is 4.79 Å². The second-order valence-electron chi connectivity index (χ2n) is 4.87. The molecule has 1 atom stereocenters. The van der Waals surface area contributed by atoms with Gasteiger partial charge in [0.15, 0.2) is 0 Å². The normalized spacial score (nSPS) is 19.4. The van der Waals surface area contributed by atoms with E-state index < -0.39 is 0 Å². The van der Waals surface area contributed by atoms with Gasteiger partial charge in [0, 0.05) is 0 Å². The minimum atomic E-state index is -0.326. The zero-order valence-electron chi connectivity index (χ0n) is 10.7. The number of benzene rings is 1. The SMILES string of the molecule is CC(C(=O)NO)N1CCC(c2ccccc2)CC1. The molecule has 0 saturated carbocycles. The van der Waals surface area contributed by atoms with Crippen molar-refractivity contribution in [3.63, 3.8) is 0 Å². The molecule has 1 aliphatic rings. The Morgan fingerprint density at radius 3 is 2.50 bits per heavy atom. The minimum Gasteiger partial charge on any atom is -0.292 e. The van der Waals surface area contributed by atoms with E-state index >= 15 is 0 Å². The Hall–Kier alpha value is -1.39. The standard InChI is InChI=1S/C14H20N2O2/c1-11(14(17)15-18)16-9-7-13(8-10-16)12-5-3-2-4-6-12/h2-6,11,13,18H,7-10H2,1H3,(H,15,17). The van der Waals surface area contributed by atoms with Crippen LogP contribution in [0.5, 0.6) is 0 Å². The van der Waals surface area contributed by atoms with Crippen LogP contribution in [0, 0.1) is 0 Å². The summed E-state index contributed by atoms with van der Waals surface area (Å²) in [5, 5.41) is 8.64. The van der Waals surface area contributed by atoms with E-state index in [-0.39, 0.29) is 11.9 Å². The number of nitrogens with one attached hydrogen (secondary N) is 1. The molecule has 1 aromatic carbocycles. The van der Waals surface area contributed by atoms with E-state index in [1.807, 2.05) is 13.0 Å². The van der Waals surface area contributed by atoms with Crippen molar-refractivity contribution in [1.82, 2.24) is 10.4 Å².